The van der Waals surface area contributed by atoms with E-state index >= 15 is 0 Å². The number of rotatable bonds is 4. The summed E-state index contributed by atoms with van der Waals surface area (Å²) in [7, 11) is 0. The number of carbonyl (C=O) groups is 2. The van der Waals surface area contributed by atoms with Crippen LogP contribution in [0.1, 0.15) is 12.5 Å². The standard InChI is InChI=1S/C19H21N3O3S/c1-3-12-25-16-7-5-4-6-15(16)13-17-18(24)20-19(26-17)22-10-8-21(9-11-22)14(2)23/h3-7,13H,1,8-12H2,2H3. The van der Waals surface area contributed by atoms with Crippen molar-refractivity contribution in [3.05, 3.63) is 47.4 Å². The maximum atomic E-state index is 12.3. The van der Waals surface area contributed by atoms with Crippen molar-refractivity contribution in [3.8, 4) is 5.75 Å². The minimum Gasteiger partial charge on any atom is -0.489 e. The van der Waals surface area contributed by atoms with Crippen molar-refractivity contribution >= 4 is 34.8 Å². The quantitative estimate of drug-likeness (QED) is 0.601. The predicted octanol–water partition coefficient (Wildman–Crippen LogP) is 2.39. The SMILES string of the molecule is C=CCOc1ccccc1C=C1SC(N2CCN(C(C)=O)CC2)=NC1=O. The molecule has 7 heteroatoms. The molecule has 2 aliphatic rings. The summed E-state index contributed by atoms with van der Waals surface area (Å²) in [5.41, 5.74) is 0.836. The van der Waals surface area contributed by atoms with Crippen LogP contribution < -0.4 is 4.74 Å². The molecule has 0 aliphatic carbocycles. The molecule has 6 nitrogen and oxygen atoms in total. The largest absolute Gasteiger partial charge is 0.489 e. The second-order valence-corrected chi connectivity index (χ2v) is 6.95. The van der Waals surface area contributed by atoms with E-state index in [-0.39, 0.29) is 11.8 Å². The summed E-state index contributed by atoms with van der Waals surface area (Å²) in [6, 6.07) is 7.56. The van der Waals surface area contributed by atoms with Gasteiger partial charge in [-0.25, -0.2) is 0 Å². The van der Waals surface area contributed by atoms with Crippen molar-refractivity contribution in [2.75, 3.05) is 32.8 Å². The number of benzene rings is 1. The van der Waals surface area contributed by atoms with Gasteiger partial charge in [-0.1, -0.05) is 30.9 Å². The molecule has 1 aromatic rings. The van der Waals surface area contributed by atoms with Gasteiger partial charge in [0.25, 0.3) is 5.91 Å². The molecule has 1 saturated heterocycles. The van der Waals surface area contributed by atoms with E-state index in [1.807, 2.05) is 35.2 Å². The van der Waals surface area contributed by atoms with Gasteiger partial charge in [-0.15, -0.1) is 0 Å². The Bertz CT molecular complexity index is 780. The maximum Gasteiger partial charge on any atom is 0.286 e. The Balaban J connectivity index is 1.70. The number of aliphatic imine (C=N–C) groups is 1. The molecule has 0 saturated carbocycles. The number of thioether (sulfide) groups is 1. The third kappa shape index (κ3) is 4.16. The highest BCUT2D eigenvalue weighted by atomic mass is 32.2. The Morgan fingerprint density at radius 1 is 1.31 bits per heavy atom. The molecule has 0 N–H and O–H groups in total. The van der Waals surface area contributed by atoms with E-state index in [4.69, 9.17) is 4.74 Å². The lowest BCUT2D eigenvalue weighted by Crippen LogP contribution is -2.49. The Morgan fingerprint density at radius 3 is 2.73 bits per heavy atom. The summed E-state index contributed by atoms with van der Waals surface area (Å²) >= 11 is 1.37. The van der Waals surface area contributed by atoms with Crippen molar-refractivity contribution in [1.29, 1.82) is 0 Å². The first-order chi connectivity index (χ1) is 12.6. The van der Waals surface area contributed by atoms with E-state index in [0.717, 1.165) is 5.56 Å². The highest BCUT2D eigenvalue weighted by Gasteiger charge is 2.29. The number of amidine groups is 1. The molecule has 0 unspecified atom stereocenters. The van der Waals surface area contributed by atoms with Gasteiger partial charge in [0.1, 0.15) is 12.4 Å². The zero-order chi connectivity index (χ0) is 18.5. The van der Waals surface area contributed by atoms with Crippen LogP contribution in [0.25, 0.3) is 6.08 Å². The van der Waals surface area contributed by atoms with Crippen LogP contribution in [0.4, 0.5) is 0 Å². The van der Waals surface area contributed by atoms with Crippen LogP contribution in [0.2, 0.25) is 0 Å². The van der Waals surface area contributed by atoms with Crippen molar-refractivity contribution < 1.29 is 14.3 Å². The fourth-order valence-corrected chi connectivity index (χ4v) is 3.72. The second kappa shape index (κ2) is 8.23. The van der Waals surface area contributed by atoms with Gasteiger partial charge in [-0.05, 0) is 23.9 Å². The highest BCUT2D eigenvalue weighted by molar-refractivity contribution is 8.18. The van der Waals surface area contributed by atoms with Crippen molar-refractivity contribution in [3.63, 3.8) is 0 Å². The summed E-state index contributed by atoms with van der Waals surface area (Å²) < 4.78 is 5.64. The fraction of sp³-hybridized carbons (Fsp3) is 0.316. The van der Waals surface area contributed by atoms with Gasteiger partial charge in [0, 0.05) is 38.7 Å². The summed E-state index contributed by atoms with van der Waals surface area (Å²) in [5.74, 6) is 0.549. The number of ether oxygens (including phenoxy) is 1. The zero-order valence-corrected chi connectivity index (χ0v) is 15.5. The lowest BCUT2D eigenvalue weighted by atomic mass is 10.2. The molecule has 2 heterocycles. The molecular formula is C19H21N3O3S. The van der Waals surface area contributed by atoms with Crippen molar-refractivity contribution in [1.82, 2.24) is 9.80 Å². The first-order valence-electron chi connectivity index (χ1n) is 8.44. The van der Waals surface area contributed by atoms with E-state index in [9.17, 15) is 9.59 Å². The number of carbonyl (C=O) groups excluding carboxylic acids is 2. The molecule has 2 amide bonds. The average molecular weight is 371 g/mol. The smallest absolute Gasteiger partial charge is 0.286 e. The monoisotopic (exact) mass is 371 g/mol. The first kappa shape index (κ1) is 18.3. The summed E-state index contributed by atoms with van der Waals surface area (Å²) in [6.45, 7) is 8.31. The zero-order valence-electron chi connectivity index (χ0n) is 14.7. The van der Waals surface area contributed by atoms with Crippen LogP contribution in [0.15, 0.2) is 46.8 Å². The van der Waals surface area contributed by atoms with Crippen LogP contribution in [0, 0.1) is 0 Å². The van der Waals surface area contributed by atoms with E-state index in [0.29, 0.717) is 48.6 Å². The number of amides is 2. The summed E-state index contributed by atoms with van der Waals surface area (Å²) in [4.78, 5) is 32.4. The summed E-state index contributed by atoms with van der Waals surface area (Å²) in [6.07, 6.45) is 3.50. The van der Waals surface area contributed by atoms with Crippen molar-refractivity contribution in [2.24, 2.45) is 4.99 Å². The molecular weight excluding hydrogens is 350 g/mol. The van der Waals surface area contributed by atoms with E-state index in [1.165, 1.54) is 11.8 Å². The number of nitrogens with zero attached hydrogens (tertiary/aromatic N) is 3. The van der Waals surface area contributed by atoms with E-state index < -0.39 is 0 Å². The first-order valence-corrected chi connectivity index (χ1v) is 9.26. The lowest BCUT2D eigenvalue weighted by Gasteiger charge is -2.34. The Kier molecular flexibility index (Phi) is 5.78. The average Bonchev–Trinajstić information content (AvgIpc) is 3.01. The van der Waals surface area contributed by atoms with Crippen LogP contribution >= 0.6 is 11.8 Å². The number of hydrogen-bond acceptors (Lipinski definition) is 5. The summed E-state index contributed by atoms with van der Waals surface area (Å²) in [5, 5.41) is 0.703. The number of hydrogen-bond donors (Lipinski definition) is 0. The van der Waals surface area contributed by atoms with Gasteiger partial charge in [0.15, 0.2) is 5.17 Å². The maximum absolute atomic E-state index is 12.3. The number of piperazine rings is 1. The normalized spacial score (nSPS) is 18.9. The van der Waals surface area contributed by atoms with Crippen LogP contribution in [0.3, 0.4) is 0 Å². The molecule has 0 spiro atoms. The molecule has 0 aromatic heterocycles. The third-order valence-electron chi connectivity index (χ3n) is 4.17. The Labute approximate surface area is 157 Å². The second-order valence-electron chi connectivity index (χ2n) is 5.94. The lowest BCUT2D eigenvalue weighted by molar-refractivity contribution is -0.130. The van der Waals surface area contributed by atoms with E-state index in [2.05, 4.69) is 16.5 Å². The molecule has 3 rings (SSSR count). The molecule has 136 valence electrons. The minimum absolute atomic E-state index is 0.0819. The Hall–Kier alpha value is -2.54. The molecule has 1 aromatic carbocycles. The van der Waals surface area contributed by atoms with Gasteiger partial charge in [0.05, 0.1) is 4.91 Å². The van der Waals surface area contributed by atoms with E-state index in [1.54, 1.807) is 13.0 Å². The van der Waals surface area contributed by atoms with Crippen molar-refractivity contribution in [2.45, 2.75) is 6.92 Å². The fourth-order valence-electron chi connectivity index (χ4n) is 2.77. The predicted molar refractivity (Wildman–Crippen MR) is 104 cm³/mol. The highest BCUT2D eigenvalue weighted by Crippen LogP contribution is 2.32. The van der Waals surface area contributed by atoms with Gasteiger partial charge < -0.3 is 14.5 Å². The topological polar surface area (TPSA) is 62.2 Å². The van der Waals surface area contributed by atoms with Gasteiger partial charge in [0.2, 0.25) is 5.91 Å². The molecule has 0 atom stereocenters. The van der Waals surface area contributed by atoms with Crippen LogP contribution in [-0.4, -0.2) is 59.6 Å². The third-order valence-corrected chi connectivity index (χ3v) is 5.21. The van der Waals surface area contributed by atoms with Crippen LogP contribution in [0.5, 0.6) is 5.75 Å². The van der Waals surface area contributed by atoms with Crippen LogP contribution in [-0.2, 0) is 9.59 Å². The van der Waals surface area contributed by atoms with Gasteiger partial charge in [-0.3, -0.25) is 9.59 Å². The minimum atomic E-state index is -0.238. The molecule has 26 heavy (non-hydrogen) atoms. The Morgan fingerprint density at radius 2 is 2.04 bits per heavy atom. The molecule has 0 bridgehead atoms. The molecule has 2 aliphatic heterocycles. The molecule has 0 radical (unpaired) electrons. The van der Waals surface area contributed by atoms with Gasteiger partial charge in [-0.2, -0.15) is 4.99 Å². The number of para-hydroxylation sites is 1. The molecule has 1 fully saturated rings. The van der Waals surface area contributed by atoms with Gasteiger partial charge >= 0.3 is 0 Å².